The lowest BCUT2D eigenvalue weighted by molar-refractivity contribution is -0.113. The van der Waals surface area contributed by atoms with Gasteiger partial charge in [-0.1, -0.05) is 58.0 Å². The summed E-state index contributed by atoms with van der Waals surface area (Å²) in [5.74, 6) is 0.423. The highest BCUT2D eigenvalue weighted by molar-refractivity contribution is 9.10. The molecule has 4 aromatic rings. The van der Waals surface area contributed by atoms with E-state index in [1.54, 1.807) is 18.2 Å². The number of nitrogens with zero attached hydrogens (tertiary/aromatic N) is 4. The van der Waals surface area contributed by atoms with Gasteiger partial charge in [-0.3, -0.25) is 9.36 Å². The normalized spacial score (nSPS) is 14.3. The molecule has 1 aliphatic heterocycles. The quantitative estimate of drug-likeness (QED) is 0.281. The number of aryl methyl sites for hydroxylation is 1. The Kier molecular flexibility index (Phi) is 8.48. The third kappa shape index (κ3) is 6.25. The molecule has 0 spiro atoms. The van der Waals surface area contributed by atoms with Gasteiger partial charge in [0.25, 0.3) is 0 Å². The molecule has 0 bridgehead atoms. The Bertz CT molecular complexity index is 1590. The summed E-state index contributed by atoms with van der Waals surface area (Å²) < 4.78 is 36.2. The van der Waals surface area contributed by atoms with Gasteiger partial charge in [0.15, 0.2) is 11.0 Å². The standard InChI is InChI=1S/C27H26BrN5O4S2/c1-19-10-11-23(39(35,36)32-12-14-37-15-13-32)17-24(19)26-30-31-27(33(26)22-8-3-2-4-9-22)38-18-25(34)29-21-7-5-6-20(28)16-21/h2-11,16-17H,12-15,18H2,1H3,(H,29,34). The van der Waals surface area contributed by atoms with Crippen LogP contribution in [0.3, 0.4) is 0 Å². The van der Waals surface area contributed by atoms with Crippen molar-refractivity contribution in [3.8, 4) is 17.1 Å². The second-order valence-electron chi connectivity index (χ2n) is 8.82. The third-order valence-electron chi connectivity index (χ3n) is 6.15. The number of halogens is 1. The number of ether oxygens (including phenoxy) is 1. The van der Waals surface area contributed by atoms with Gasteiger partial charge in [0.05, 0.1) is 23.9 Å². The SMILES string of the molecule is Cc1ccc(S(=O)(=O)N2CCOCC2)cc1-c1nnc(SCC(=O)Nc2cccc(Br)c2)n1-c1ccccc1. The first-order valence-corrected chi connectivity index (χ1v) is 15.4. The lowest BCUT2D eigenvalue weighted by Crippen LogP contribution is -2.40. The van der Waals surface area contributed by atoms with Crippen molar-refractivity contribution in [2.24, 2.45) is 0 Å². The Hall–Kier alpha value is -3.03. The van der Waals surface area contributed by atoms with Crippen molar-refractivity contribution in [2.75, 3.05) is 37.4 Å². The number of nitrogens with one attached hydrogen (secondary N) is 1. The Morgan fingerprint density at radius 3 is 2.54 bits per heavy atom. The summed E-state index contributed by atoms with van der Waals surface area (Å²) in [5.41, 5.74) is 2.98. The molecule has 0 atom stereocenters. The predicted octanol–water partition coefficient (Wildman–Crippen LogP) is 4.76. The summed E-state index contributed by atoms with van der Waals surface area (Å²) in [5, 5.41) is 12.3. The van der Waals surface area contributed by atoms with Gasteiger partial charge in [-0.15, -0.1) is 10.2 Å². The highest BCUT2D eigenvalue weighted by atomic mass is 79.9. The molecule has 0 aliphatic carbocycles. The minimum absolute atomic E-state index is 0.113. The number of hydrogen-bond donors (Lipinski definition) is 1. The van der Waals surface area contributed by atoms with E-state index < -0.39 is 10.0 Å². The number of sulfonamides is 1. The van der Waals surface area contributed by atoms with Gasteiger partial charge in [0.1, 0.15) is 0 Å². The summed E-state index contributed by atoms with van der Waals surface area (Å²) in [6.07, 6.45) is 0. The summed E-state index contributed by atoms with van der Waals surface area (Å²) in [6.45, 7) is 3.28. The van der Waals surface area contributed by atoms with Crippen molar-refractivity contribution < 1.29 is 17.9 Å². The minimum atomic E-state index is -3.70. The Morgan fingerprint density at radius 1 is 1.03 bits per heavy atom. The van der Waals surface area contributed by atoms with Crippen molar-refractivity contribution in [3.63, 3.8) is 0 Å². The Morgan fingerprint density at radius 2 is 1.79 bits per heavy atom. The smallest absolute Gasteiger partial charge is 0.243 e. The van der Waals surface area contributed by atoms with Crippen LogP contribution < -0.4 is 5.32 Å². The lowest BCUT2D eigenvalue weighted by Gasteiger charge is -2.26. The first-order valence-electron chi connectivity index (χ1n) is 12.2. The highest BCUT2D eigenvalue weighted by Crippen LogP contribution is 2.32. The first kappa shape index (κ1) is 27.5. The molecule has 0 radical (unpaired) electrons. The number of morpholine rings is 1. The molecular formula is C27H26BrN5O4S2. The third-order valence-corrected chi connectivity index (χ3v) is 9.46. The molecule has 1 aliphatic rings. The maximum Gasteiger partial charge on any atom is 0.243 e. The van der Waals surface area contributed by atoms with Crippen LogP contribution in [0, 0.1) is 6.92 Å². The molecule has 5 rings (SSSR count). The fourth-order valence-corrected chi connectivity index (χ4v) is 6.77. The molecule has 0 saturated carbocycles. The van der Waals surface area contributed by atoms with Crippen LogP contribution in [-0.2, 0) is 19.6 Å². The number of para-hydroxylation sites is 1. The van der Waals surface area contributed by atoms with Crippen molar-refractivity contribution >= 4 is 49.3 Å². The maximum absolute atomic E-state index is 13.4. The molecule has 0 unspecified atom stereocenters. The molecule has 1 fully saturated rings. The lowest BCUT2D eigenvalue weighted by atomic mass is 10.1. The molecule has 12 heteroatoms. The van der Waals surface area contributed by atoms with Crippen molar-refractivity contribution in [3.05, 3.63) is 82.8 Å². The van der Waals surface area contributed by atoms with Crippen LogP contribution in [-0.4, -0.2) is 65.5 Å². The average molecular weight is 629 g/mol. The Balaban J connectivity index is 1.47. The van der Waals surface area contributed by atoms with E-state index in [1.165, 1.54) is 16.1 Å². The fraction of sp³-hybridized carbons (Fsp3) is 0.222. The number of benzene rings is 3. The van der Waals surface area contributed by atoms with Gasteiger partial charge in [-0.2, -0.15) is 4.31 Å². The van der Waals surface area contributed by atoms with Crippen LogP contribution >= 0.6 is 27.7 Å². The topological polar surface area (TPSA) is 106 Å². The van der Waals surface area contributed by atoms with Gasteiger partial charge in [0.2, 0.25) is 15.9 Å². The van der Waals surface area contributed by atoms with Crippen LogP contribution in [0.2, 0.25) is 0 Å². The van der Waals surface area contributed by atoms with E-state index >= 15 is 0 Å². The van der Waals surface area contributed by atoms with E-state index in [0.717, 1.165) is 15.7 Å². The van der Waals surface area contributed by atoms with Gasteiger partial charge in [-0.25, -0.2) is 8.42 Å². The minimum Gasteiger partial charge on any atom is -0.379 e. The zero-order chi connectivity index (χ0) is 27.4. The number of carbonyl (C=O) groups excluding carboxylic acids is 1. The van der Waals surface area contributed by atoms with Crippen molar-refractivity contribution in [2.45, 2.75) is 17.0 Å². The van der Waals surface area contributed by atoms with Crippen LogP contribution in [0.4, 0.5) is 5.69 Å². The van der Waals surface area contributed by atoms with E-state index in [-0.39, 0.29) is 16.6 Å². The van der Waals surface area contributed by atoms with Crippen LogP contribution in [0.25, 0.3) is 17.1 Å². The molecule has 202 valence electrons. The number of rotatable bonds is 8. The first-order chi connectivity index (χ1) is 18.8. The Labute approximate surface area is 239 Å². The predicted molar refractivity (Wildman–Crippen MR) is 155 cm³/mol. The zero-order valence-corrected chi connectivity index (χ0v) is 24.3. The van der Waals surface area contributed by atoms with Crippen molar-refractivity contribution in [1.29, 1.82) is 0 Å². The largest absolute Gasteiger partial charge is 0.379 e. The van der Waals surface area contributed by atoms with Gasteiger partial charge in [0, 0.05) is 34.5 Å². The van der Waals surface area contributed by atoms with E-state index in [9.17, 15) is 13.2 Å². The van der Waals surface area contributed by atoms with Crippen LogP contribution in [0.15, 0.2) is 87.3 Å². The molecule has 39 heavy (non-hydrogen) atoms. The van der Waals surface area contributed by atoms with Gasteiger partial charge in [-0.05, 0) is 55.0 Å². The summed E-state index contributed by atoms with van der Waals surface area (Å²) in [7, 11) is -3.70. The van der Waals surface area contributed by atoms with E-state index in [2.05, 4.69) is 31.4 Å². The molecule has 1 N–H and O–H groups in total. The molecule has 1 amide bonds. The molecule has 2 heterocycles. The average Bonchev–Trinajstić information content (AvgIpc) is 3.37. The number of amides is 1. The van der Waals surface area contributed by atoms with Crippen LogP contribution in [0.1, 0.15) is 5.56 Å². The summed E-state index contributed by atoms with van der Waals surface area (Å²) >= 11 is 4.66. The molecule has 1 saturated heterocycles. The molecule has 1 aromatic heterocycles. The monoisotopic (exact) mass is 627 g/mol. The van der Waals surface area contributed by atoms with Gasteiger partial charge < -0.3 is 10.1 Å². The zero-order valence-electron chi connectivity index (χ0n) is 21.1. The highest BCUT2D eigenvalue weighted by Gasteiger charge is 2.28. The number of hydrogen-bond acceptors (Lipinski definition) is 7. The fourth-order valence-electron chi connectivity index (χ4n) is 4.18. The molecule has 3 aromatic carbocycles. The van der Waals surface area contributed by atoms with Crippen molar-refractivity contribution in [1.82, 2.24) is 19.1 Å². The summed E-state index contributed by atoms with van der Waals surface area (Å²) in [6, 6.07) is 22.0. The number of aromatic nitrogens is 3. The molecular weight excluding hydrogens is 602 g/mol. The second kappa shape index (κ2) is 12.0. The number of thioether (sulfide) groups is 1. The maximum atomic E-state index is 13.4. The number of carbonyl (C=O) groups is 1. The van der Waals surface area contributed by atoms with E-state index in [1.807, 2.05) is 66.1 Å². The summed E-state index contributed by atoms with van der Waals surface area (Å²) in [4.78, 5) is 12.9. The molecule has 9 nitrogen and oxygen atoms in total. The van der Waals surface area contributed by atoms with E-state index in [4.69, 9.17) is 4.74 Å². The number of anilines is 1. The second-order valence-corrected chi connectivity index (χ2v) is 12.6. The van der Waals surface area contributed by atoms with E-state index in [0.29, 0.717) is 48.5 Å². The van der Waals surface area contributed by atoms with Crippen LogP contribution in [0.5, 0.6) is 0 Å². The van der Waals surface area contributed by atoms with Gasteiger partial charge >= 0.3 is 0 Å².